The highest BCUT2D eigenvalue weighted by molar-refractivity contribution is 9.10. The second-order valence-corrected chi connectivity index (χ2v) is 6.30. The van der Waals surface area contributed by atoms with Gasteiger partial charge in [0, 0.05) is 42.3 Å². The van der Waals surface area contributed by atoms with Crippen LogP contribution in [0.3, 0.4) is 0 Å². The van der Waals surface area contributed by atoms with Crippen LogP contribution in [0.4, 0.5) is 4.39 Å². The van der Waals surface area contributed by atoms with Crippen molar-refractivity contribution in [1.82, 2.24) is 10.2 Å². The largest absolute Gasteiger partial charge is 0.308 e. The molecule has 21 heavy (non-hydrogen) atoms. The van der Waals surface area contributed by atoms with E-state index in [4.69, 9.17) is 0 Å². The maximum atomic E-state index is 13.9. The molecule has 1 heterocycles. The Kier molecular flexibility index (Phi) is 4.68. The minimum atomic E-state index is -0.131. The van der Waals surface area contributed by atoms with Gasteiger partial charge < -0.3 is 5.32 Å². The fourth-order valence-electron chi connectivity index (χ4n) is 2.77. The molecule has 3 rings (SSSR count). The first-order valence-electron chi connectivity index (χ1n) is 7.17. The Labute approximate surface area is 133 Å². The van der Waals surface area contributed by atoms with Crippen LogP contribution < -0.4 is 5.32 Å². The molecule has 0 aliphatic carbocycles. The number of nitrogens with zero attached hydrogens (tertiary/aromatic N) is 1. The molecule has 1 aliphatic rings. The van der Waals surface area contributed by atoms with E-state index in [9.17, 15) is 4.39 Å². The van der Waals surface area contributed by atoms with Crippen LogP contribution in [0.25, 0.3) is 0 Å². The molecule has 1 fully saturated rings. The Morgan fingerprint density at radius 3 is 2.81 bits per heavy atom. The van der Waals surface area contributed by atoms with Crippen LogP contribution in [0.2, 0.25) is 0 Å². The number of nitrogens with one attached hydrogen (secondary N) is 1. The molecule has 0 radical (unpaired) electrons. The molecule has 0 amide bonds. The van der Waals surface area contributed by atoms with Gasteiger partial charge >= 0.3 is 0 Å². The fraction of sp³-hybridized carbons (Fsp3) is 0.294. The van der Waals surface area contributed by atoms with E-state index in [1.165, 1.54) is 11.6 Å². The molecule has 1 atom stereocenters. The van der Waals surface area contributed by atoms with E-state index in [2.05, 4.69) is 50.4 Å². The zero-order valence-electron chi connectivity index (χ0n) is 11.7. The molecule has 1 aliphatic heterocycles. The van der Waals surface area contributed by atoms with Gasteiger partial charge in [0.1, 0.15) is 5.82 Å². The van der Waals surface area contributed by atoms with Crippen molar-refractivity contribution in [3.8, 4) is 0 Å². The summed E-state index contributed by atoms with van der Waals surface area (Å²) < 4.78 is 14.8. The first-order chi connectivity index (χ1) is 10.2. The SMILES string of the molecule is Fc1ccc(Br)cc1CN1CCNC(c2ccccc2)C1. The Hall–Kier alpha value is -1.23. The average molecular weight is 349 g/mol. The van der Waals surface area contributed by atoms with Gasteiger partial charge in [0.25, 0.3) is 0 Å². The quantitative estimate of drug-likeness (QED) is 0.908. The number of benzene rings is 2. The first kappa shape index (κ1) is 14.7. The number of hydrogen-bond donors (Lipinski definition) is 1. The van der Waals surface area contributed by atoms with E-state index >= 15 is 0 Å². The van der Waals surface area contributed by atoms with Crippen molar-refractivity contribution in [2.24, 2.45) is 0 Å². The highest BCUT2D eigenvalue weighted by Crippen LogP contribution is 2.21. The predicted octanol–water partition coefficient (Wildman–Crippen LogP) is 3.73. The van der Waals surface area contributed by atoms with Crippen LogP contribution in [0.5, 0.6) is 0 Å². The van der Waals surface area contributed by atoms with E-state index in [1.54, 1.807) is 6.07 Å². The standard InChI is InChI=1S/C17H18BrFN2/c18-15-6-7-16(19)14(10-15)11-21-9-8-20-17(12-21)13-4-2-1-3-5-13/h1-7,10,17,20H,8-9,11-12H2. The van der Waals surface area contributed by atoms with E-state index in [1.807, 2.05) is 12.1 Å². The molecular formula is C17H18BrFN2. The molecule has 0 aromatic heterocycles. The summed E-state index contributed by atoms with van der Waals surface area (Å²) in [6.45, 7) is 3.41. The smallest absolute Gasteiger partial charge is 0.127 e. The monoisotopic (exact) mass is 348 g/mol. The van der Waals surface area contributed by atoms with Gasteiger partial charge in [-0.05, 0) is 23.8 Å². The van der Waals surface area contributed by atoms with Gasteiger partial charge in [0.05, 0.1) is 0 Å². The molecule has 110 valence electrons. The molecule has 1 saturated heterocycles. The topological polar surface area (TPSA) is 15.3 Å². The Balaban J connectivity index is 1.70. The summed E-state index contributed by atoms with van der Waals surface area (Å²) in [5.74, 6) is -0.131. The Morgan fingerprint density at radius 1 is 1.19 bits per heavy atom. The van der Waals surface area contributed by atoms with E-state index in [0.717, 1.165) is 29.7 Å². The van der Waals surface area contributed by atoms with Gasteiger partial charge in [-0.2, -0.15) is 0 Å². The van der Waals surface area contributed by atoms with Crippen molar-refractivity contribution in [1.29, 1.82) is 0 Å². The zero-order chi connectivity index (χ0) is 14.7. The summed E-state index contributed by atoms with van der Waals surface area (Å²) in [5.41, 5.74) is 2.04. The van der Waals surface area contributed by atoms with Crippen LogP contribution >= 0.6 is 15.9 Å². The van der Waals surface area contributed by atoms with Gasteiger partial charge in [0.2, 0.25) is 0 Å². The van der Waals surface area contributed by atoms with Crippen LogP contribution in [0.15, 0.2) is 53.0 Å². The lowest BCUT2D eigenvalue weighted by atomic mass is 10.0. The number of rotatable bonds is 3. The molecule has 2 aromatic carbocycles. The maximum absolute atomic E-state index is 13.9. The summed E-state index contributed by atoms with van der Waals surface area (Å²) in [6.07, 6.45) is 0. The highest BCUT2D eigenvalue weighted by Gasteiger charge is 2.21. The molecule has 4 heteroatoms. The average Bonchev–Trinajstić information content (AvgIpc) is 2.52. The first-order valence-corrected chi connectivity index (χ1v) is 7.96. The number of halogens is 2. The van der Waals surface area contributed by atoms with Crippen LogP contribution in [0, 0.1) is 5.82 Å². The second kappa shape index (κ2) is 6.69. The van der Waals surface area contributed by atoms with Gasteiger partial charge in [-0.15, -0.1) is 0 Å². The van der Waals surface area contributed by atoms with Gasteiger partial charge in [0.15, 0.2) is 0 Å². The molecule has 2 nitrogen and oxygen atoms in total. The minimum absolute atomic E-state index is 0.131. The van der Waals surface area contributed by atoms with E-state index < -0.39 is 0 Å². The lowest BCUT2D eigenvalue weighted by Crippen LogP contribution is -2.45. The summed E-state index contributed by atoms with van der Waals surface area (Å²) in [6, 6.07) is 15.9. The molecule has 1 N–H and O–H groups in total. The van der Waals surface area contributed by atoms with E-state index in [-0.39, 0.29) is 5.82 Å². The summed E-state index contributed by atoms with van der Waals surface area (Å²) in [4.78, 5) is 2.30. The van der Waals surface area contributed by atoms with Crippen molar-refractivity contribution in [2.75, 3.05) is 19.6 Å². The fourth-order valence-corrected chi connectivity index (χ4v) is 3.18. The molecule has 0 bridgehead atoms. The predicted molar refractivity (Wildman–Crippen MR) is 86.6 cm³/mol. The summed E-state index contributed by atoms with van der Waals surface area (Å²) in [7, 11) is 0. The minimum Gasteiger partial charge on any atom is -0.308 e. The van der Waals surface area contributed by atoms with Crippen LogP contribution in [-0.4, -0.2) is 24.5 Å². The molecule has 0 saturated carbocycles. The van der Waals surface area contributed by atoms with Crippen molar-refractivity contribution in [3.05, 3.63) is 69.9 Å². The number of hydrogen-bond acceptors (Lipinski definition) is 2. The van der Waals surface area contributed by atoms with Crippen LogP contribution in [-0.2, 0) is 6.54 Å². The molecule has 2 aromatic rings. The van der Waals surface area contributed by atoms with Crippen molar-refractivity contribution < 1.29 is 4.39 Å². The number of piperazine rings is 1. The second-order valence-electron chi connectivity index (χ2n) is 5.39. The normalized spacial score (nSPS) is 19.6. The Bertz CT molecular complexity index is 603. The summed E-state index contributed by atoms with van der Waals surface area (Å²) in [5, 5.41) is 3.53. The van der Waals surface area contributed by atoms with E-state index in [0.29, 0.717) is 12.6 Å². The maximum Gasteiger partial charge on any atom is 0.127 e. The lowest BCUT2D eigenvalue weighted by Gasteiger charge is -2.34. The summed E-state index contributed by atoms with van der Waals surface area (Å²) >= 11 is 3.41. The van der Waals surface area contributed by atoms with Gasteiger partial charge in [-0.1, -0.05) is 46.3 Å². The van der Waals surface area contributed by atoms with Gasteiger partial charge in [-0.3, -0.25) is 4.90 Å². The third-order valence-electron chi connectivity index (χ3n) is 3.86. The van der Waals surface area contributed by atoms with Crippen molar-refractivity contribution >= 4 is 15.9 Å². The van der Waals surface area contributed by atoms with Crippen molar-refractivity contribution in [2.45, 2.75) is 12.6 Å². The lowest BCUT2D eigenvalue weighted by molar-refractivity contribution is 0.191. The third kappa shape index (κ3) is 3.70. The molecular weight excluding hydrogens is 331 g/mol. The van der Waals surface area contributed by atoms with Crippen LogP contribution in [0.1, 0.15) is 17.2 Å². The Morgan fingerprint density at radius 2 is 2.00 bits per heavy atom. The highest BCUT2D eigenvalue weighted by atomic mass is 79.9. The molecule has 1 unspecified atom stereocenters. The van der Waals surface area contributed by atoms with Gasteiger partial charge in [-0.25, -0.2) is 4.39 Å². The zero-order valence-corrected chi connectivity index (χ0v) is 13.3. The third-order valence-corrected chi connectivity index (χ3v) is 4.36. The molecule has 0 spiro atoms. The van der Waals surface area contributed by atoms with Crippen molar-refractivity contribution in [3.63, 3.8) is 0 Å².